The maximum absolute atomic E-state index is 7.48. The van der Waals surface area contributed by atoms with Gasteiger partial charge < -0.3 is 10.5 Å². The van der Waals surface area contributed by atoms with E-state index in [0.717, 1.165) is 31.8 Å². The zero-order chi connectivity index (χ0) is 15.1. The van der Waals surface area contributed by atoms with Crippen LogP contribution in [-0.2, 0) is 11.3 Å². The van der Waals surface area contributed by atoms with Gasteiger partial charge in [0.2, 0.25) is 0 Å². The summed E-state index contributed by atoms with van der Waals surface area (Å²) in [5, 5.41) is 7.48. The molecular formula is C16H27N3O. The van der Waals surface area contributed by atoms with Gasteiger partial charge in [-0.15, -0.1) is 0 Å². The van der Waals surface area contributed by atoms with Gasteiger partial charge in [0, 0.05) is 32.3 Å². The molecule has 1 aromatic carbocycles. The first kappa shape index (κ1) is 16.7. The minimum atomic E-state index is 0.123. The summed E-state index contributed by atoms with van der Waals surface area (Å²) in [6.45, 7) is 10.2. The molecule has 0 aromatic heterocycles. The molecule has 20 heavy (non-hydrogen) atoms. The van der Waals surface area contributed by atoms with Crippen molar-refractivity contribution >= 4 is 5.84 Å². The summed E-state index contributed by atoms with van der Waals surface area (Å²) < 4.78 is 5.19. The molecule has 0 amide bonds. The number of ether oxygens (including phenoxy) is 1. The lowest BCUT2D eigenvalue weighted by molar-refractivity contribution is 0.136. The first-order valence-electron chi connectivity index (χ1n) is 7.09. The van der Waals surface area contributed by atoms with Crippen molar-refractivity contribution < 1.29 is 4.74 Å². The van der Waals surface area contributed by atoms with E-state index in [2.05, 4.69) is 31.7 Å². The second-order valence-electron chi connectivity index (χ2n) is 5.68. The Balaban J connectivity index is 2.79. The molecule has 0 spiro atoms. The lowest BCUT2D eigenvalue weighted by atomic mass is 10.0. The van der Waals surface area contributed by atoms with Crippen LogP contribution in [-0.4, -0.2) is 37.5 Å². The highest BCUT2D eigenvalue weighted by atomic mass is 16.5. The van der Waals surface area contributed by atoms with Crippen molar-refractivity contribution in [2.45, 2.75) is 27.3 Å². The molecule has 0 aliphatic carbocycles. The summed E-state index contributed by atoms with van der Waals surface area (Å²) in [5.74, 6) is 0.752. The molecule has 0 aliphatic heterocycles. The van der Waals surface area contributed by atoms with Gasteiger partial charge in [0.05, 0.1) is 6.61 Å². The van der Waals surface area contributed by atoms with Crippen molar-refractivity contribution in [1.82, 2.24) is 4.90 Å². The normalized spacial score (nSPS) is 11.3. The number of hydrogen-bond donors (Lipinski definition) is 2. The summed E-state index contributed by atoms with van der Waals surface area (Å²) in [7, 11) is 1.74. The minimum Gasteiger partial charge on any atom is -0.384 e. The van der Waals surface area contributed by atoms with Gasteiger partial charge in [-0.3, -0.25) is 10.3 Å². The van der Waals surface area contributed by atoms with Crippen LogP contribution in [0, 0.1) is 18.3 Å². The van der Waals surface area contributed by atoms with Crippen LogP contribution in [0.4, 0.5) is 0 Å². The predicted octanol–water partition coefficient (Wildman–Crippen LogP) is 2.38. The predicted molar refractivity (Wildman–Crippen MR) is 84.2 cm³/mol. The molecule has 1 rings (SSSR count). The molecule has 3 N–H and O–H groups in total. The molecule has 0 atom stereocenters. The van der Waals surface area contributed by atoms with E-state index < -0.39 is 0 Å². The Hall–Kier alpha value is -1.39. The van der Waals surface area contributed by atoms with Gasteiger partial charge in [-0.2, -0.15) is 0 Å². The first-order chi connectivity index (χ1) is 9.43. The summed E-state index contributed by atoms with van der Waals surface area (Å²) in [6, 6.07) is 5.99. The fourth-order valence-corrected chi connectivity index (χ4v) is 2.25. The monoisotopic (exact) mass is 277 g/mol. The lowest BCUT2D eigenvalue weighted by Crippen LogP contribution is -2.31. The Morgan fingerprint density at radius 3 is 2.60 bits per heavy atom. The topological polar surface area (TPSA) is 62.3 Å². The summed E-state index contributed by atoms with van der Waals surface area (Å²) in [6.07, 6.45) is 0. The Kier molecular flexibility index (Phi) is 6.68. The third kappa shape index (κ3) is 5.31. The Morgan fingerprint density at radius 1 is 1.40 bits per heavy atom. The van der Waals surface area contributed by atoms with Gasteiger partial charge in [-0.05, 0) is 30.0 Å². The second-order valence-corrected chi connectivity index (χ2v) is 5.68. The van der Waals surface area contributed by atoms with Crippen molar-refractivity contribution in [3.8, 4) is 0 Å². The maximum atomic E-state index is 7.48. The zero-order valence-electron chi connectivity index (χ0n) is 13.1. The second kappa shape index (κ2) is 8.02. The Labute approximate surface area is 122 Å². The van der Waals surface area contributed by atoms with Crippen LogP contribution in [0.1, 0.15) is 30.5 Å². The number of nitrogens with one attached hydrogen (secondary N) is 1. The standard InChI is InChI=1S/C16H27N3O/c1-12(2)10-19(7-8-20-4)11-15-6-5-14(16(17)18)9-13(15)3/h5-6,9,12H,7-8,10-11H2,1-4H3,(H3,17,18). The van der Waals surface area contributed by atoms with E-state index in [0.29, 0.717) is 5.92 Å². The molecule has 0 aliphatic rings. The highest BCUT2D eigenvalue weighted by molar-refractivity contribution is 5.95. The van der Waals surface area contributed by atoms with Gasteiger partial charge in [-0.1, -0.05) is 26.0 Å². The van der Waals surface area contributed by atoms with Crippen LogP contribution in [0.2, 0.25) is 0 Å². The molecule has 0 radical (unpaired) electrons. The van der Waals surface area contributed by atoms with E-state index in [1.54, 1.807) is 7.11 Å². The first-order valence-corrected chi connectivity index (χ1v) is 7.09. The fourth-order valence-electron chi connectivity index (χ4n) is 2.25. The molecule has 112 valence electrons. The average molecular weight is 277 g/mol. The van der Waals surface area contributed by atoms with Crippen molar-refractivity contribution in [2.24, 2.45) is 11.7 Å². The number of benzene rings is 1. The number of rotatable bonds is 8. The molecule has 0 unspecified atom stereocenters. The van der Waals surface area contributed by atoms with Gasteiger partial charge in [-0.25, -0.2) is 0 Å². The van der Waals surface area contributed by atoms with Crippen molar-refractivity contribution in [2.75, 3.05) is 26.8 Å². The summed E-state index contributed by atoms with van der Waals surface area (Å²) >= 11 is 0. The quantitative estimate of drug-likeness (QED) is 0.566. The van der Waals surface area contributed by atoms with Crippen molar-refractivity contribution in [3.63, 3.8) is 0 Å². The third-order valence-corrected chi connectivity index (χ3v) is 3.28. The van der Waals surface area contributed by atoms with E-state index in [9.17, 15) is 0 Å². The van der Waals surface area contributed by atoms with E-state index in [1.165, 1.54) is 11.1 Å². The van der Waals surface area contributed by atoms with Crippen LogP contribution >= 0.6 is 0 Å². The third-order valence-electron chi connectivity index (χ3n) is 3.28. The highest BCUT2D eigenvalue weighted by Crippen LogP contribution is 2.14. The SMILES string of the molecule is COCCN(Cc1ccc(C(=N)N)cc1C)CC(C)C. The molecule has 0 fully saturated rings. The van der Waals surface area contributed by atoms with E-state index in [4.69, 9.17) is 15.9 Å². The summed E-state index contributed by atoms with van der Waals surface area (Å²) in [5.41, 5.74) is 8.78. The lowest BCUT2D eigenvalue weighted by Gasteiger charge is -2.25. The molecule has 0 saturated carbocycles. The van der Waals surface area contributed by atoms with Gasteiger partial charge in [0.1, 0.15) is 5.84 Å². The summed E-state index contributed by atoms with van der Waals surface area (Å²) in [4.78, 5) is 2.41. The van der Waals surface area contributed by atoms with Crippen LogP contribution in [0.3, 0.4) is 0 Å². The fraction of sp³-hybridized carbons (Fsp3) is 0.562. The van der Waals surface area contributed by atoms with Crippen LogP contribution in [0.15, 0.2) is 18.2 Å². The molecular weight excluding hydrogens is 250 g/mol. The number of nitrogen functional groups attached to an aromatic ring is 1. The molecule has 4 nitrogen and oxygen atoms in total. The average Bonchev–Trinajstić information content (AvgIpc) is 2.37. The number of nitrogens with zero attached hydrogens (tertiary/aromatic N) is 1. The smallest absolute Gasteiger partial charge is 0.122 e. The number of hydrogen-bond acceptors (Lipinski definition) is 3. The van der Waals surface area contributed by atoms with E-state index >= 15 is 0 Å². The number of amidine groups is 1. The number of methoxy groups -OCH3 is 1. The molecule has 4 heteroatoms. The molecule has 0 saturated heterocycles. The van der Waals surface area contributed by atoms with E-state index in [-0.39, 0.29) is 5.84 Å². The van der Waals surface area contributed by atoms with Crippen molar-refractivity contribution in [1.29, 1.82) is 5.41 Å². The molecule has 0 heterocycles. The zero-order valence-corrected chi connectivity index (χ0v) is 13.1. The largest absolute Gasteiger partial charge is 0.384 e. The number of nitrogens with two attached hydrogens (primary N) is 1. The maximum Gasteiger partial charge on any atom is 0.122 e. The van der Waals surface area contributed by atoms with Gasteiger partial charge >= 0.3 is 0 Å². The Morgan fingerprint density at radius 2 is 2.10 bits per heavy atom. The Bertz CT molecular complexity index is 443. The van der Waals surface area contributed by atoms with Crippen molar-refractivity contribution in [3.05, 3.63) is 34.9 Å². The van der Waals surface area contributed by atoms with Crippen LogP contribution < -0.4 is 5.73 Å². The van der Waals surface area contributed by atoms with Gasteiger partial charge in [0.15, 0.2) is 0 Å². The van der Waals surface area contributed by atoms with E-state index in [1.807, 2.05) is 12.1 Å². The van der Waals surface area contributed by atoms with Gasteiger partial charge in [0.25, 0.3) is 0 Å². The van der Waals surface area contributed by atoms with Crippen LogP contribution in [0.5, 0.6) is 0 Å². The number of aryl methyl sites for hydroxylation is 1. The minimum absolute atomic E-state index is 0.123. The molecule has 1 aromatic rings. The highest BCUT2D eigenvalue weighted by Gasteiger charge is 2.10. The van der Waals surface area contributed by atoms with Crippen LogP contribution in [0.25, 0.3) is 0 Å². The molecule has 0 bridgehead atoms.